The molecular weight excluding hydrogens is 416 g/mol. The van der Waals surface area contributed by atoms with E-state index in [-0.39, 0.29) is 10.8 Å². The lowest BCUT2D eigenvalue weighted by Crippen LogP contribution is -2.15. The van der Waals surface area contributed by atoms with Crippen LogP contribution in [0, 0.1) is 13.8 Å². The molecule has 0 bridgehead atoms. The van der Waals surface area contributed by atoms with Crippen molar-refractivity contribution in [2.45, 2.75) is 18.7 Å². The number of hydrogen-bond donors (Lipinski definition) is 2. The quantitative estimate of drug-likeness (QED) is 0.569. The van der Waals surface area contributed by atoms with Gasteiger partial charge in [0.2, 0.25) is 0 Å². The normalized spacial score (nSPS) is 11.0. The molecule has 0 fully saturated rings. The Labute approximate surface area is 182 Å². The van der Waals surface area contributed by atoms with Gasteiger partial charge in [0.05, 0.1) is 24.8 Å². The van der Waals surface area contributed by atoms with Crippen LogP contribution >= 0.6 is 0 Å². The number of benzene rings is 3. The maximum atomic E-state index is 12.7. The zero-order chi connectivity index (χ0) is 22.6. The minimum Gasteiger partial charge on any atom is -0.497 e. The molecule has 0 atom stereocenters. The van der Waals surface area contributed by atoms with E-state index in [0.717, 1.165) is 11.1 Å². The third kappa shape index (κ3) is 5.35. The van der Waals surface area contributed by atoms with Gasteiger partial charge in [-0.15, -0.1) is 0 Å². The van der Waals surface area contributed by atoms with Crippen LogP contribution in [0.4, 0.5) is 11.4 Å². The molecule has 8 heteroatoms. The minimum absolute atomic E-state index is 0.0912. The number of nitrogens with one attached hydrogen (secondary N) is 2. The van der Waals surface area contributed by atoms with Gasteiger partial charge >= 0.3 is 0 Å². The summed E-state index contributed by atoms with van der Waals surface area (Å²) in [4.78, 5) is 12.7. The van der Waals surface area contributed by atoms with Gasteiger partial charge in [-0.25, -0.2) is 8.42 Å². The van der Waals surface area contributed by atoms with E-state index in [1.54, 1.807) is 24.3 Å². The first-order valence-corrected chi connectivity index (χ1v) is 10.9. The molecule has 0 radical (unpaired) electrons. The number of sulfonamides is 1. The molecule has 0 saturated carbocycles. The summed E-state index contributed by atoms with van der Waals surface area (Å²) in [5, 5.41) is 2.74. The number of anilines is 2. The zero-order valence-corrected chi connectivity index (χ0v) is 18.5. The van der Waals surface area contributed by atoms with Gasteiger partial charge in [0.1, 0.15) is 11.5 Å². The van der Waals surface area contributed by atoms with Crippen LogP contribution < -0.4 is 19.5 Å². The second kappa shape index (κ2) is 9.09. The maximum Gasteiger partial charge on any atom is 0.261 e. The highest BCUT2D eigenvalue weighted by molar-refractivity contribution is 7.92. The van der Waals surface area contributed by atoms with Crippen LogP contribution in [0.1, 0.15) is 21.5 Å². The van der Waals surface area contributed by atoms with Gasteiger partial charge in [0, 0.05) is 17.3 Å². The van der Waals surface area contributed by atoms with E-state index < -0.39 is 10.0 Å². The van der Waals surface area contributed by atoms with Crippen molar-refractivity contribution in [3.63, 3.8) is 0 Å². The van der Waals surface area contributed by atoms with Gasteiger partial charge < -0.3 is 14.8 Å². The number of hydrogen-bond acceptors (Lipinski definition) is 5. The lowest BCUT2D eigenvalue weighted by molar-refractivity contribution is 0.102. The number of ether oxygens (including phenoxy) is 2. The van der Waals surface area contributed by atoms with E-state index in [1.165, 1.54) is 38.5 Å². The second-order valence-electron chi connectivity index (χ2n) is 7.00. The Morgan fingerprint density at radius 2 is 1.45 bits per heavy atom. The van der Waals surface area contributed by atoms with Crippen LogP contribution in [0.2, 0.25) is 0 Å². The second-order valence-corrected chi connectivity index (χ2v) is 8.69. The van der Waals surface area contributed by atoms with E-state index in [4.69, 9.17) is 9.47 Å². The standard InChI is InChI=1S/C23H24N2O5S/c1-15-5-10-22(16(2)11-15)25-31(27,28)21-8-6-18(7-9-21)24-23(26)17-12-19(29-3)14-20(13-17)30-4/h5-14,25H,1-4H3,(H,24,26). The molecule has 0 unspecified atom stereocenters. The van der Waals surface area contributed by atoms with Crippen LogP contribution in [-0.4, -0.2) is 28.5 Å². The molecule has 0 aromatic heterocycles. The van der Waals surface area contributed by atoms with E-state index in [9.17, 15) is 13.2 Å². The Kier molecular flexibility index (Phi) is 6.50. The highest BCUT2D eigenvalue weighted by Crippen LogP contribution is 2.24. The van der Waals surface area contributed by atoms with Gasteiger partial charge in [-0.05, 0) is 61.9 Å². The molecule has 3 aromatic rings. The summed E-state index contributed by atoms with van der Waals surface area (Å²) >= 11 is 0. The SMILES string of the molecule is COc1cc(OC)cc(C(=O)Nc2ccc(S(=O)(=O)Nc3ccc(C)cc3C)cc2)c1. The average Bonchev–Trinajstić information content (AvgIpc) is 2.75. The van der Waals surface area contributed by atoms with E-state index in [0.29, 0.717) is 28.4 Å². The molecule has 0 heterocycles. The van der Waals surface area contributed by atoms with Crippen LogP contribution in [0.5, 0.6) is 11.5 Å². The summed E-state index contributed by atoms with van der Waals surface area (Å²) in [7, 11) is -0.756. The predicted octanol–water partition coefficient (Wildman–Crippen LogP) is 4.37. The molecule has 2 N–H and O–H groups in total. The molecule has 1 amide bonds. The molecule has 0 saturated heterocycles. The molecule has 0 spiro atoms. The minimum atomic E-state index is -3.76. The van der Waals surface area contributed by atoms with Crippen LogP contribution in [0.25, 0.3) is 0 Å². The van der Waals surface area contributed by atoms with Crippen LogP contribution in [0.15, 0.2) is 65.6 Å². The Balaban J connectivity index is 1.76. The summed E-state index contributed by atoms with van der Waals surface area (Å²) in [5.74, 6) is 0.605. The lowest BCUT2D eigenvalue weighted by atomic mass is 10.1. The van der Waals surface area contributed by atoms with Crippen molar-refractivity contribution in [1.82, 2.24) is 0 Å². The van der Waals surface area contributed by atoms with Crippen molar-refractivity contribution >= 4 is 27.3 Å². The Bertz CT molecular complexity index is 1180. The smallest absolute Gasteiger partial charge is 0.261 e. The van der Waals surface area contributed by atoms with Crippen molar-refractivity contribution in [2.75, 3.05) is 24.3 Å². The summed E-state index contributed by atoms with van der Waals surface area (Å²) in [6.45, 7) is 3.79. The number of carbonyl (C=O) groups excluding carboxylic acids is 1. The molecule has 3 aromatic carbocycles. The van der Waals surface area contributed by atoms with Gasteiger partial charge in [-0.2, -0.15) is 0 Å². The third-order valence-electron chi connectivity index (χ3n) is 4.66. The largest absolute Gasteiger partial charge is 0.497 e. The Hall–Kier alpha value is -3.52. The number of carbonyl (C=O) groups is 1. The number of aryl methyl sites for hydroxylation is 2. The number of rotatable bonds is 7. The van der Waals surface area contributed by atoms with E-state index >= 15 is 0 Å². The summed E-state index contributed by atoms with van der Waals surface area (Å²) in [6.07, 6.45) is 0. The van der Waals surface area contributed by atoms with Gasteiger partial charge in [0.15, 0.2) is 0 Å². The number of amides is 1. The first-order chi connectivity index (χ1) is 14.7. The molecule has 7 nitrogen and oxygen atoms in total. The van der Waals surface area contributed by atoms with Crippen molar-refractivity contribution < 1.29 is 22.7 Å². The van der Waals surface area contributed by atoms with E-state index in [1.807, 2.05) is 26.0 Å². The zero-order valence-electron chi connectivity index (χ0n) is 17.7. The first kappa shape index (κ1) is 22.2. The van der Waals surface area contributed by atoms with Crippen LogP contribution in [-0.2, 0) is 10.0 Å². The highest BCUT2D eigenvalue weighted by Gasteiger charge is 2.16. The molecule has 0 aliphatic rings. The van der Waals surface area contributed by atoms with Gasteiger partial charge in [-0.1, -0.05) is 17.7 Å². The highest BCUT2D eigenvalue weighted by atomic mass is 32.2. The fourth-order valence-electron chi connectivity index (χ4n) is 2.99. The van der Waals surface area contributed by atoms with Gasteiger partial charge in [0.25, 0.3) is 15.9 Å². The van der Waals surface area contributed by atoms with E-state index in [2.05, 4.69) is 10.0 Å². The van der Waals surface area contributed by atoms with Gasteiger partial charge in [-0.3, -0.25) is 9.52 Å². The van der Waals surface area contributed by atoms with Crippen molar-refractivity contribution in [3.05, 3.63) is 77.4 Å². The fraction of sp³-hybridized carbons (Fsp3) is 0.174. The molecule has 0 aliphatic heterocycles. The first-order valence-electron chi connectivity index (χ1n) is 9.46. The third-order valence-corrected chi connectivity index (χ3v) is 6.04. The topological polar surface area (TPSA) is 93.7 Å². The molecular formula is C23H24N2O5S. The molecule has 31 heavy (non-hydrogen) atoms. The Morgan fingerprint density at radius 3 is 2.00 bits per heavy atom. The van der Waals surface area contributed by atoms with Crippen molar-refractivity contribution in [3.8, 4) is 11.5 Å². The lowest BCUT2D eigenvalue weighted by Gasteiger charge is -2.12. The summed E-state index contributed by atoms with van der Waals surface area (Å²) < 4.78 is 38.4. The maximum absolute atomic E-state index is 12.7. The Morgan fingerprint density at radius 1 is 0.839 bits per heavy atom. The average molecular weight is 441 g/mol. The van der Waals surface area contributed by atoms with Crippen molar-refractivity contribution in [1.29, 1.82) is 0 Å². The molecule has 0 aliphatic carbocycles. The summed E-state index contributed by atoms with van der Waals surface area (Å²) in [6, 6.07) is 16.3. The monoisotopic (exact) mass is 440 g/mol. The number of methoxy groups -OCH3 is 2. The molecule has 162 valence electrons. The molecule has 3 rings (SSSR count). The fourth-order valence-corrected chi connectivity index (χ4v) is 4.12. The van der Waals surface area contributed by atoms with Crippen molar-refractivity contribution in [2.24, 2.45) is 0 Å². The summed E-state index contributed by atoms with van der Waals surface area (Å²) in [5.41, 5.74) is 3.21. The van der Waals surface area contributed by atoms with Crippen LogP contribution in [0.3, 0.4) is 0 Å². The predicted molar refractivity (Wildman–Crippen MR) is 121 cm³/mol.